The SMILES string of the molecule is Cc1ccn(C)c1C(=O)NC[C@@H]1CC(=O)N(C)[C@H]1c1ccncc1. The molecule has 1 saturated heterocycles. The van der Waals surface area contributed by atoms with Gasteiger partial charge in [0.05, 0.1) is 6.04 Å². The Hall–Kier alpha value is -2.63. The van der Waals surface area contributed by atoms with Gasteiger partial charge in [-0.25, -0.2) is 0 Å². The van der Waals surface area contributed by atoms with Crippen LogP contribution < -0.4 is 5.32 Å². The van der Waals surface area contributed by atoms with Gasteiger partial charge < -0.3 is 14.8 Å². The Bertz CT molecular complexity index is 734. The van der Waals surface area contributed by atoms with Crippen molar-refractivity contribution in [2.45, 2.75) is 19.4 Å². The first-order chi connectivity index (χ1) is 11.5. The molecule has 2 aromatic heterocycles. The van der Waals surface area contributed by atoms with Gasteiger partial charge in [0, 0.05) is 51.6 Å². The van der Waals surface area contributed by atoms with Gasteiger partial charge in [-0.2, -0.15) is 0 Å². The van der Waals surface area contributed by atoms with E-state index in [1.54, 1.807) is 17.3 Å². The van der Waals surface area contributed by atoms with Crippen molar-refractivity contribution >= 4 is 11.8 Å². The van der Waals surface area contributed by atoms with Crippen molar-refractivity contribution in [1.82, 2.24) is 19.8 Å². The number of hydrogen-bond donors (Lipinski definition) is 1. The summed E-state index contributed by atoms with van der Waals surface area (Å²) in [6.45, 7) is 2.38. The summed E-state index contributed by atoms with van der Waals surface area (Å²) in [5.74, 6) is 0.0519. The summed E-state index contributed by atoms with van der Waals surface area (Å²) in [7, 11) is 3.67. The van der Waals surface area contributed by atoms with E-state index in [-0.39, 0.29) is 23.8 Å². The van der Waals surface area contributed by atoms with Crippen molar-refractivity contribution in [2.75, 3.05) is 13.6 Å². The van der Waals surface area contributed by atoms with Crippen LogP contribution in [0.25, 0.3) is 0 Å². The normalized spacial score (nSPS) is 20.5. The second-order valence-corrected chi connectivity index (χ2v) is 6.36. The van der Waals surface area contributed by atoms with E-state index in [1.165, 1.54) is 0 Å². The molecule has 0 unspecified atom stereocenters. The van der Waals surface area contributed by atoms with E-state index in [1.807, 2.05) is 50.0 Å². The zero-order valence-corrected chi connectivity index (χ0v) is 14.2. The number of rotatable bonds is 4. The van der Waals surface area contributed by atoms with Crippen LogP contribution in [-0.2, 0) is 11.8 Å². The average Bonchev–Trinajstić information content (AvgIpc) is 3.05. The highest BCUT2D eigenvalue weighted by atomic mass is 16.2. The number of amides is 2. The Morgan fingerprint density at radius 2 is 2.00 bits per heavy atom. The highest BCUT2D eigenvalue weighted by Crippen LogP contribution is 2.36. The van der Waals surface area contributed by atoms with E-state index in [4.69, 9.17) is 0 Å². The number of aromatic nitrogens is 2. The van der Waals surface area contributed by atoms with Gasteiger partial charge in [-0.3, -0.25) is 14.6 Å². The maximum Gasteiger partial charge on any atom is 0.268 e. The molecular formula is C18H22N4O2. The van der Waals surface area contributed by atoms with Crippen molar-refractivity contribution in [2.24, 2.45) is 13.0 Å². The molecule has 0 aromatic carbocycles. The molecule has 0 bridgehead atoms. The summed E-state index contributed by atoms with van der Waals surface area (Å²) < 4.78 is 1.82. The van der Waals surface area contributed by atoms with Crippen LogP contribution in [0.4, 0.5) is 0 Å². The molecule has 6 nitrogen and oxygen atoms in total. The molecule has 126 valence electrons. The van der Waals surface area contributed by atoms with Crippen LogP contribution >= 0.6 is 0 Å². The van der Waals surface area contributed by atoms with Gasteiger partial charge >= 0.3 is 0 Å². The molecule has 2 amide bonds. The Kier molecular flexibility index (Phi) is 4.38. The molecular weight excluding hydrogens is 304 g/mol. The highest BCUT2D eigenvalue weighted by molar-refractivity contribution is 5.94. The smallest absolute Gasteiger partial charge is 0.268 e. The minimum Gasteiger partial charge on any atom is -0.350 e. The molecule has 3 heterocycles. The molecule has 0 saturated carbocycles. The molecule has 0 radical (unpaired) electrons. The van der Waals surface area contributed by atoms with Gasteiger partial charge in [0.2, 0.25) is 5.91 Å². The molecule has 0 aliphatic carbocycles. The molecule has 6 heteroatoms. The van der Waals surface area contributed by atoms with Crippen LogP contribution in [0.2, 0.25) is 0 Å². The molecule has 1 aliphatic heterocycles. The van der Waals surface area contributed by atoms with Crippen molar-refractivity contribution in [1.29, 1.82) is 0 Å². The zero-order valence-electron chi connectivity index (χ0n) is 14.2. The molecule has 2 aromatic rings. The van der Waals surface area contributed by atoms with E-state index < -0.39 is 0 Å². The second kappa shape index (κ2) is 6.47. The zero-order chi connectivity index (χ0) is 17.3. The summed E-state index contributed by atoms with van der Waals surface area (Å²) in [6.07, 6.45) is 5.77. The average molecular weight is 326 g/mol. The molecule has 1 fully saturated rings. The van der Waals surface area contributed by atoms with Gasteiger partial charge in [-0.1, -0.05) is 0 Å². The van der Waals surface area contributed by atoms with Gasteiger partial charge in [-0.05, 0) is 36.2 Å². The number of carbonyl (C=O) groups is 2. The third kappa shape index (κ3) is 2.91. The molecule has 3 rings (SSSR count). The van der Waals surface area contributed by atoms with Crippen molar-refractivity contribution in [3.05, 3.63) is 53.6 Å². The van der Waals surface area contributed by atoms with Crippen molar-refractivity contribution in [3.63, 3.8) is 0 Å². The third-order valence-electron chi connectivity index (χ3n) is 4.76. The minimum absolute atomic E-state index is 0.0321. The summed E-state index contributed by atoms with van der Waals surface area (Å²) in [4.78, 5) is 30.4. The largest absolute Gasteiger partial charge is 0.350 e. The lowest BCUT2D eigenvalue weighted by Crippen LogP contribution is -2.33. The maximum absolute atomic E-state index is 12.5. The topological polar surface area (TPSA) is 67.2 Å². The van der Waals surface area contributed by atoms with Gasteiger partial charge in [-0.15, -0.1) is 0 Å². The van der Waals surface area contributed by atoms with E-state index >= 15 is 0 Å². The van der Waals surface area contributed by atoms with Crippen LogP contribution in [0.15, 0.2) is 36.8 Å². The summed E-state index contributed by atoms with van der Waals surface area (Å²) >= 11 is 0. The number of aryl methyl sites for hydroxylation is 2. The lowest BCUT2D eigenvalue weighted by Gasteiger charge is -2.25. The predicted molar refractivity (Wildman–Crippen MR) is 90.3 cm³/mol. The lowest BCUT2D eigenvalue weighted by molar-refractivity contribution is -0.127. The standard InChI is InChI=1S/C18H22N4O2/c1-12-6-9-21(2)16(12)18(24)20-11-14-10-15(23)22(3)17(14)13-4-7-19-8-5-13/h4-9,14,17H,10-11H2,1-3H3,(H,20,24)/t14-,17-/m0/s1. The Labute approximate surface area is 141 Å². The lowest BCUT2D eigenvalue weighted by atomic mass is 9.94. The van der Waals surface area contributed by atoms with Crippen molar-refractivity contribution < 1.29 is 9.59 Å². The highest BCUT2D eigenvalue weighted by Gasteiger charge is 2.38. The van der Waals surface area contributed by atoms with E-state index in [0.29, 0.717) is 18.7 Å². The number of nitrogens with zero attached hydrogens (tertiary/aromatic N) is 3. The fourth-order valence-electron chi connectivity index (χ4n) is 3.49. The van der Waals surface area contributed by atoms with Crippen LogP contribution in [0.3, 0.4) is 0 Å². The molecule has 24 heavy (non-hydrogen) atoms. The summed E-state index contributed by atoms with van der Waals surface area (Å²) in [5.41, 5.74) is 2.65. The fourth-order valence-corrected chi connectivity index (χ4v) is 3.49. The van der Waals surface area contributed by atoms with Crippen molar-refractivity contribution in [3.8, 4) is 0 Å². The van der Waals surface area contributed by atoms with Gasteiger partial charge in [0.15, 0.2) is 0 Å². The third-order valence-corrected chi connectivity index (χ3v) is 4.76. The summed E-state index contributed by atoms with van der Waals surface area (Å²) in [5, 5.41) is 3.00. The number of hydrogen-bond acceptors (Lipinski definition) is 3. The first-order valence-electron chi connectivity index (χ1n) is 8.04. The Morgan fingerprint density at radius 1 is 1.29 bits per heavy atom. The van der Waals surface area contributed by atoms with E-state index in [0.717, 1.165) is 11.1 Å². The van der Waals surface area contributed by atoms with Gasteiger partial charge in [0.1, 0.15) is 5.69 Å². The number of nitrogens with one attached hydrogen (secondary N) is 1. The first kappa shape index (κ1) is 16.2. The van der Waals surface area contributed by atoms with E-state index in [9.17, 15) is 9.59 Å². The number of carbonyl (C=O) groups excluding carboxylic acids is 2. The molecule has 1 N–H and O–H groups in total. The molecule has 0 spiro atoms. The maximum atomic E-state index is 12.5. The Balaban J connectivity index is 1.74. The van der Waals surface area contributed by atoms with Crippen LogP contribution in [0, 0.1) is 12.8 Å². The second-order valence-electron chi connectivity index (χ2n) is 6.36. The molecule has 1 aliphatic rings. The first-order valence-corrected chi connectivity index (χ1v) is 8.04. The summed E-state index contributed by atoms with van der Waals surface area (Å²) in [6, 6.07) is 5.74. The van der Waals surface area contributed by atoms with Crippen LogP contribution in [-0.4, -0.2) is 39.9 Å². The quantitative estimate of drug-likeness (QED) is 0.929. The monoisotopic (exact) mass is 326 g/mol. The molecule has 2 atom stereocenters. The minimum atomic E-state index is -0.101. The Morgan fingerprint density at radius 3 is 2.62 bits per heavy atom. The van der Waals surface area contributed by atoms with E-state index in [2.05, 4.69) is 10.3 Å². The number of likely N-dealkylation sites (tertiary alicyclic amines) is 1. The fraction of sp³-hybridized carbons (Fsp3) is 0.389. The number of pyridine rings is 1. The predicted octanol–water partition coefficient (Wildman–Crippen LogP) is 1.68. The van der Waals surface area contributed by atoms with Gasteiger partial charge in [0.25, 0.3) is 5.91 Å². The van der Waals surface area contributed by atoms with Crippen LogP contribution in [0.1, 0.15) is 34.1 Å². The van der Waals surface area contributed by atoms with Crippen LogP contribution in [0.5, 0.6) is 0 Å².